The van der Waals surface area contributed by atoms with Crippen LogP contribution in [0.1, 0.15) is 38.1 Å². The van der Waals surface area contributed by atoms with Gasteiger partial charge in [-0.2, -0.15) is 0 Å². The van der Waals surface area contributed by atoms with Crippen LogP contribution in [0, 0.1) is 0 Å². The molecule has 2 aromatic carbocycles. The molecule has 0 aliphatic heterocycles. The van der Waals surface area contributed by atoms with Crippen LogP contribution >= 0.6 is 0 Å². The number of nitrogens with one attached hydrogen (secondary N) is 1. The van der Waals surface area contributed by atoms with E-state index < -0.39 is 0 Å². The number of anilines is 1. The van der Waals surface area contributed by atoms with Gasteiger partial charge in [0.25, 0.3) is 5.91 Å². The Hall–Kier alpha value is -2.33. The lowest BCUT2D eigenvalue weighted by molar-refractivity contribution is 0.0939. The second-order valence-electron chi connectivity index (χ2n) is 6.89. The molecular formula is C21H29N3O. The zero-order valence-electron chi connectivity index (χ0n) is 15.6. The number of hydrogen-bond acceptors (Lipinski definition) is 3. The van der Waals surface area contributed by atoms with Gasteiger partial charge < -0.3 is 11.1 Å². The minimum atomic E-state index is -0.0433. The average molecular weight is 339 g/mol. The van der Waals surface area contributed by atoms with Gasteiger partial charge in [-0.15, -0.1) is 0 Å². The van der Waals surface area contributed by atoms with Crippen molar-refractivity contribution in [3.8, 4) is 11.1 Å². The fourth-order valence-electron chi connectivity index (χ4n) is 3.07. The normalized spacial score (nSPS) is 11.3. The molecule has 0 saturated carbocycles. The van der Waals surface area contributed by atoms with E-state index >= 15 is 0 Å². The molecule has 0 saturated heterocycles. The standard InChI is InChI=1S/C21H29N3O/c1-15(2)24(16(3)4)12-11-23-21(25)19-9-5-7-17(13-19)18-8-6-10-20(22)14-18/h5-10,13-16H,11-12,22H2,1-4H3,(H,23,25). The van der Waals surface area contributed by atoms with Crippen LogP contribution in [0.15, 0.2) is 48.5 Å². The van der Waals surface area contributed by atoms with Crippen LogP contribution in [0.2, 0.25) is 0 Å². The molecule has 0 spiro atoms. The zero-order valence-corrected chi connectivity index (χ0v) is 15.6. The minimum Gasteiger partial charge on any atom is -0.399 e. The first kappa shape index (κ1) is 19.0. The second kappa shape index (κ2) is 8.67. The highest BCUT2D eigenvalue weighted by Gasteiger charge is 2.13. The Balaban J connectivity index is 2.02. The van der Waals surface area contributed by atoms with E-state index in [1.165, 1.54) is 0 Å². The van der Waals surface area contributed by atoms with Crippen molar-refractivity contribution in [3.63, 3.8) is 0 Å². The fourth-order valence-corrected chi connectivity index (χ4v) is 3.07. The molecule has 0 atom stereocenters. The Morgan fingerprint density at radius 3 is 2.20 bits per heavy atom. The first-order chi connectivity index (χ1) is 11.9. The molecule has 0 bridgehead atoms. The highest BCUT2D eigenvalue weighted by atomic mass is 16.1. The lowest BCUT2D eigenvalue weighted by Gasteiger charge is -2.30. The van der Waals surface area contributed by atoms with Crippen LogP contribution in [-0.2, 0) is 0 Å². The first-order valence-electron chi connectivity index (χ1n) is 8.88. The van der Waals surface area contributed by atoms with E-state index in [4.69, 9.17) is 5.73 Å². The molecule has 0 aliphatic carbocycles. The highest BCUT2D eigenvalue weighted by Crippen LogP contribution is 2.22. The van der Waals surface area contributed by atoms with Crippen LogP contribution in [0.3, 0.4) is 0 Å². The van der Waals surface area contributed by atoms with E-state index in [2.05, 4.69) is 37.9 Å². The van der Waals surface area contributed by atoms with Gasteiger partial charge in [-0.1, -0.05) is 24.3 Å². The molecule has 0 radical (unpaired) electrons. The number of carbonyl (C=O) groups excluding carboxylic acids is 1. The third-order valence-electron chi connectivity index (χ3n) is 4.33. The van der Waals surface area contributed by atoms with Crippen molar-refractivity contribution in [1.29, 1.82) is 0 Å². The van der Waals surface area contributed by atoms with Crippen LogP contribution in [-0.4, -0.2) is 36.0 Å². The molecular weight excluding hydrogens is 310 g/mol. The number of nitrogens with two attached hydrogens (primary N) is 1. The zero-order chi connectivity index (χ0) is 18.4. The molecule has 0 fully saturated rings. The summed E-state index contributed by atoms with van der Waals surface area (Å²) in [6.07, 6.45) is 0. The molecule has 0 unspecified atom stereocenters. The number of rotatable bonds is 7. The Labute approximate surface area is 151 Å². The molecule has 4 heteroatoms. The summed E-state index contributed by atoms with van der Waals surface area (Å²) in [7, 11) is 0. The monoisotopic (exact) mass is 339 g/mol. The van der Waals surface area contributed by atoms with Crippen molar-refractivity contribution in [3.05, 3.63) is 54.1 Å². The molecule has 0 aliphatic rings. The van der Waals surface area contributed by atoms with Gasteiger partial charge in [0.1, 0.15) is 0 Å². The number of benzene rings is 2. The van der Waals surface area contributed by atoms with E-state index in [-0.39, 0.29) is 5.91 Å². The largest absolute Gasteiger partial charge is 0.399 e. The first-order valence-corrected chi connectivity index (χ1v) is 8.88. The Kier molecular flexibility index (Phi) is 6.59. The van der Waals surface area contributed by atoms with E-state index in [1.807, 2.05) is 48.5 Å². The molecule has 134 valence electrons. The maximum Gasteiger partial charge on any atom is 0.251 e. The van der Waals surface area contributed by atoms with Crippen molar-refractivity contribution in [1.82, 2.24) is 10.2 Å². The van der Waals surface area contributed by atoms with E-state index in [9.17, 15) is 4.79 Å². The minimum absolute atomic E-state index is 0.0433. The van der Waals surface area contributed by atoms with E-state index in [0.29, 0.717) is 24.2 Å². The van der Waals surface area contributed by atoms with E-state index in [0.717, 1.165) is 23.4 Å². The lowest BCUT2D eigenvalue weighted by Crippen LogP contribution is -2.42. The van der Waals surface area contributed by atoms with Crippen LogP contribution in [0.25, 0.3) is 11.1 Å². The van der Waals surface area contributed by atoms with Gasteiger partial charge in [0.2, 0.25) is 0 Å². The van der Waals surface area contributed by atoms with Crippen molar-refractivity contribution < 1.29 is 4.79 Å². The van der Waals surface area contributed by atoms with Crippen molar-refractivity contribution in [2.75, 3.05) is 18.8 Å². The highest BCUT2D eigenvalue weighted by molar-refractivity contribution is 5.95. The van der Waals surface area contributed by atoms with Crippen LogP contribution in [0.5, 0.6) is 0 Å². The summed E-state index contributed by atoms with van der Waals surface area (Å²) in [5.41, 5.74) is 9.24. The summed E-state index contributed by atoms with van der Waals surface area (Å²) in [4.78, 5) is 14.8. The number of nitrogens with zero attached hydrogens (tertiary/aromatic N) is 1. The van der Waals surface area contributed by atoms with Crippen molar-refractivity contribution in [2.24, 2.45) is 0 Å². The predicted molar refractivity (Wildman–Crippen MR) is 106 cm³/mol. The van der Waals surface area contributed by atoms with Gasteiger partial charge in [0, 0.05) is 36.4 Å². The maximum absolute atomic E-state index is 12.5. The Morgan fingerprint density at radius 1 is 1.00 bits per heavy atom. The SMILES string of the molecule is CC(C)N(CCNC(=O)c1cccc(-c2cccc(N)c2)c1)C(C)C. The summed E-state index contributed by atoms with van der Waals surface area (Å²) in [6.45, 7) is 10.2. The molecule has 1 amide bonds. The van der Waals surface area contributed by atoms with Crippen molar-refractivity contribution >= 4 is 11.6 Å². The third kappa shape index (κ3) is 5.33. The number of carbonyl (C=O) groups is 1. The van der Waals surface area contributed by atoms with Gasteiger partial charge in [0.15, 0.2) is 0 Å². The van der Waals surface area contributed by atoms with Gasteiger partial charge >= 0.3 is 0 Å². The molecule has 0 heterocycles. The third-order valence-corrected chi connectivity index (χ3v) is 4.33. The Bertz CT molecular complexity index is 702. The smallest absolute Gasteiger partial charge is 0.251 e. The number of nitrogen functional groups attached to an aromatic ring is 1. The van der Waals surface area contributed by atoms with Gasteiger partial charge in [-0.05, 0) is 63.1 Å². The summed E-state index contributed by atoms with van der Waals surface area (Å²) in [5, 5.41) is 3.02. The quantitative estimate of drug-likeness (QED) is 0.755. The van der Waals surface area contributed by atoms with Gasteiger partial charge in [-0.25, -0.2) is 0 Å². The molecule has 3 N–H and O–H groups in total. The van der Waals surface area contributed by atoms with Crippen LogP contribution < -0.4 is 11.1 Å². The predicted octanol–water partition coefficient (Wildman–Crippen LogP) is 3.78. The summed E-state index contributed by atoms with van der Waals surface area (Å²) in [6, 6.07) is 16.3. The fraction of sp³-hybridized carbons (Fsp3) is 0.381. The van der Waals surface area contributed by atoms with E-state index in [1.54, 1.807) is 0 Å². The van der Waals surface area contributed by atoms with Crippen LogP contribution in [0.4, 0.5) is 5.69 Å². The summed E-state index contributed by atoms with van der Waals surface area (Å²) < 4.78 is 0. The Morgan fingerprint density at radius 2 is 1.60 bits per heavy atom. The second-order valence-corrected chi connectivity index (χ2v) is 6.89. The topological polar surface area (TPSA) is 58.4 Å². The molecule has 0 aromatic heterocycles. The van der Waals surface area contributed by atoms with Gasteiger partial charge in [-0.3, -0.25) is 9.69 Å². The molecule has 25 heavy (non-hydrogen) atoms. The average Bonchev–Trinajstić information content (AvgIpc) is 2.58. The number of hydrogen-bond donors (Lipinski definition) is 2. The molecule has 4 nitrogen and oxygen atoms in total. The lowest BCUT2D eigenvalue weighted by atomic mass is 10.0. The molecule has 2 aromatic rings. The molecule has 2 rings (SSSR count). The van der Waals surface area contributed by atoms with Crippen molar-refractivity contribution in [2.45, 2.75) is 39.8 Å². The summed E-state index contributed by atoms with van der Waals surface area (Å²) in [5.74, 6) is -0.0433. The number of amides is 1. The van der Waals surface area contributed by atoms with Gasteiger partial charge in [0.05, 0.1) is 0 Å². The summed E-state index contributed by atoms with van der Waals surface area (Å²) >= 11 is 0. The maximum atomic E-state index is 12.5.